The summed E-state index contributed by atoms with van der Waals surface area (Å²) in [4.78, 5) is 36.4. The molecule has 1 fully saturated rings. The van der Waals surface area contributed by atoms with Crippen LogP contribution in [0.2, 0.25) is 5.02 Å². The number of amides is 1. The maximum Gasteiger partial charge on any atom is 0.405 e. The Balaban J connectivity index is 1.42. The van der Waals surface area contributed by atoms with Gasteiger partial charge in [0.2, 0.25) is 10.0 Å². The number of aromatic nitrogens is 5. The van der Waals surface area contributed by atoms with Crippen molar-refractivity contribution in [1.29, 1.82) is 0 Å². The minimum absolute atomic E-state index is 0.0422. The first-order valence-electron chi connectivity index (χ1n) is 18.9. The number of hydrogen-bond donors (Lipinski definition) is 2. The molecule has 7 aromatic rings. The predicted molar refractivity (Wildman–Crippen MR) is 220 cm³/mol. The number of rotatable bonds is 14. The third kappa shape index (κ3) is 8.24. The highest BCUT2D eigenvalue weighted by Crippen LogP contribution is 2.42. The number of ether oxygens (including phenoxy) is 1. The van der Waals surface area contributed by atoms with E-state index < -0.39 is 75.6 Å². The summed E-state index contributed by atoms with van der Waals surface area (Å²) in [7, 11) is -2.75. The summed E-state index contributed by atoms with van der Waals surface area (Å²) in [6.45, 7) is -1.43. The van der Waals surface area contributed by atoms with Gasteiger partial charge in [0.1, 0.15) is 35.6 Å². The second kappa shape index (κ2) is 16.7. The fourth-order valence-electron chi connectivity index (χ4n) is 7.28. The molecule has 8 rings (SSSR count). The number of carbonyl (C=O) groups is 1. The fourth-order valence-corrected chi connectivity index (χ4v) is 9.31. The second-order valence-corrected chi connectivity index (χ2v) is 17.0. The molecular weight excluding hydrogens is 861 g/mol. The first-order chi connectivity index (χ1) is 29.6. The summed E-state index contributed by atoms with van der Waals surface area (Å²) in [5.41, 5.74) is -1.23. The zero-order valence-corrected chi connectivity index (χ0v) is 33.8. The number of alkyl halides is 2. The van der Waals surface area contributed by atoms with Gasteiger partial charge in [0, 0.05) is 18.1 Å². The van der Waals surface area contributed by atoms with Crippen molar-refractivity contribution in [2.24, 2.45) is 0 Å². The van der Waals surface area contributed by atoms with Crippen LogP contribution in [0, 0.1) is 17.5 Å². The molecule has 2 N–H and O–H groups in total. The number of fused-ring (bicyclic) bond motifs is 2. The molecule has 4 aromatic carbocycles. The van der Waals surface area contributed by atoms with Crippen LogP contribution in [-0.2, 0) is 29.5 Å². The minimum Gasteiger partial charge on any atom is -0.497 e. The van der Waals surface area contributed by atoms with Gasteiger partial charge < -0.3 is 15.2 Å². The standard InChI is InChI=1S/C42H33ClF5N7O6S/c1-61-26-8-6-22(7-9-26)20-54(62(59,60)27-10-11-27)40-36-30(43)13-15-34(37(36)53(52-40)21-35(47)48)55-39(33(50-42(57)58)18-23-16-24(44)19-25(45)17-23)51-38-29(41(55)56)12-14-32(49-38)28-4-2-3-5-31(28)46/h2-9,12-17,19,27,33,35,50H,10-11,18,20-21H2,1H3,(H,57,58). The Bertz CT molecular complexity index is 3040. The molecule has 1 unspecified atom stereocenters. The van der Waals surface area contributed by atoms with Crippen LogP contribution < -0.4 is 19.9 Å². The van der Waals surface area contributed by atoms with Crippen molar-refractivity contribution in [2.75, 3.05) is 11.4 Å². The van der Waals surface area contributed by atoms with E-state index in [1.165, 1.54) is 49.6 Å². The molecule has 3 aromatic heterocycles. The lowest BCUT2D eigenvalue weighted by Gasteiger charge is -2.24. The number of hydrogen-bond acceptors (Lipinski definition) is 8. The fraction of sp³-hybridized carbons (Fsp3) is 0.214. The summed E-state index contributed by atoms with van der Waals surface area (Å²) in [6, 6.07) is 18.2. The monoisotopic (exact) mass is 893 g/mol. The van der Waals surface area contributed by atoms with Crippen LogP contribution in [0.15, 0.2) is 95.8 Å². The van der Waals surface area contributed by atoms with E-state index in [1.807, 2.05) is 0 Å². The zero-order chi connectivity index (χ0) is 44.0. The predicted octanol–water partition coefficient (Wildman–Crippen LogP) is 8.19. The van der Waals surface area contributed by atoms with Crippen molar-refractivity contribution < 1.29 is 45.0 Å². The van der Waals surface area contributed by atoms with Crippen molar-refractivity contribution in [3.05, 3.63) is 141 Å². The van der Waals surface area contributed by atoms with Crippen molar-refractivity contribution in [3.63, 3.8) is 0 Å². The molecule has 0 spiro atoms. The Morgan fingerprint density at radius 3 is 2.32 bits per heavy atom. The molecule has 13 nitrogen and oxygen atoms in total. The van der Waals surface area contributed by atoms with E-state index in [1.54, 1.807) is 30.3 Å². The molecule has 0 radical (unpaired) electrons. The number of benzene rings is 4. The number of nitrogens with one attached hydrogen (secondary N) is 1. The highest BCUT2D eigenvalue weighted by Gasteiger charge is 2.42. The third-order valence-electron chi connectivity index (χ3n) is 10.2. The summed E-state index contributed by atoms with van der Waals surface area (Å²) in [5.74, 6) is -2.90. The number of methoxy groups -OCH3 is 1. The van der Waals surface area contributed by atoms with Gasteiger partial charge in [-0.2, -0.15) is 5.10 Å². The van der Waals surface area contributed by atoms with Crippen LogP contribution in [0.4, 0.5) is 32.6 Å². The molecule has 0 saturated heterocycles. The molecule has 3 heterocycles. The van der Waals surface area contributed by atoms with Crippen LogP contribution in [0.3, 0.4) is 0 Å². The number of nitrogens with zero attached hydrogens (tertiary/aromatic N) is 6. The van der Waals surface area contributed by atoms with Gasteiger partial charge in [-0.15, -0.1) is 0 Å². The average Bonchev–Trinajstić information content (AvgIpc) is 4.03. The molecular formula is C42H33ClF5N7O6S. The highest BCUT2D eigenvalue weighted by molar-refractivity contribution is 7.93. The third-order valence-corrected chi connectivity index (χ3v) is 12.8. The number of carboxylic acid groups (broad SMARTS) is 1. The maximum atomic E-state index is 15.0. The van der Waals surface area contributed by atoms with Crippen molar-refractivity contribution >= 4 is 55.5 Å². The van der Waals surface area contributed by atoms with Gasteiger partial charge in [0.05, 0.1) is 57.6 Å². The van der Waals surface area contributed by atoms with Crippen molar-refractivity contribution in [1.82, 2.24) is 29.6 Å². The molecule has 320 valence electrons. The van der Waals surface area contributed by atoms with E-state index >= 15 is 0 Å². The lowest BCUT2D eigenvalue weighted by molar-refractivity contribution is 0.123. The first kappa shape index (κ1) is 42.1. The summed E-state index contributed by atoms with van der Waals surface area (Å²) < 4.78 is 109. The topological polar surface area (TPSA) is 162 Å². The zero-order valence-electron chi connectivity index (χ0n) is 32.3. The van der Waals surface area contributed by atoms with Gasteiger partial charge in [-0.3, -0.25) is 14.0 Å². The SMILES string of the molecule is COc1ccc(CN(c2nn(CC(F)F)c3c(-n4c(C(Cc5cc(F)cc(F)c5)NC(=O)O)nc5nc(-c6ccccc6F)ccc5c4=O)ccc(Cl)c23)S(=O)(=O)C2CC2)cc1. The molecule has 1 aliphatic carbocycles. The molecule has 1 atom stereocenters. The molecule has 1 aliphatic rings. The Morgan fingerprint density at radius 1 is 0.968 bits per heavy atom. The van der Waals surface area contributed by atoms with Gasteiger partial charge in [-0.1, -0.05) is 35.9 Å². The van der Waals surface area contributed by atoms with E-state index in [0.29, 0.717) is 30.2 Å². The molecule has 0 aliphatic heterocycles. The van der Waals surface area contributed by atoms with Crippen LogP contribution >= 0.6 is 11.6 Å². The first-order valence-corrected chi connectivity index (χ1v) is 20.8. The maximum absolute atomic E-state index is 15.0. The van der Waals surface area contributed by atoms with Gasteiger partial charge in [-0.05, 0) is 84.6 Å². The molecule has 20 heteroatoms. The smallest absolute Gasteiger partial charge is 0.405 e. The van der Waals surface area contributed by atoms with Crippen molar-refractivity contribution in [3.8, 4) is 22.7 Å². The van der Waals surface area contributed by atoms with E-state index in [2.05, 4.69) is 20.4 Å². The van der Waals surface area contributed by atoms with E-state index in [-0.39, 0.29) is 61.8 Å². The Labute approximate surface area is 354 Å². The number of halogens is 6. The van der Waals surface area contributed by atoms with Gasteiger partial charge in [0.15, 0.2) is 11.5 Å². The normalized spacial score (nSPS) is 13.5. The average molecular weight is 894 g/mol. The van der Waals surface area contributed by atoms with Gasteiger partial charge in [-0.25, -0.2) is 49.4 Å². The van der Waals surface area contributed by atoms with Crippen LogP contribution in [0.25, 0.3) is 38.9 Å². The quantitative estimate of drug-likeness (QED) is 0.103. The number of sulfonamides is 1. The largest absolute Gasteiger partial charge is 0.497 e. The number of pyridine rings is 1. The number of anilines is 1. The lowest BCUT2D eigenvalue weighted by Crippen LogP contribution is -2.35. The van der Waals surface area contributed by atoms with Crippen LogP contribution in [-0.4, -0.2) is 62.7 Å². The molecule has 1 amide bonds. The van der Waals surface area contributed by atoms with Crippen molar-refractivity contribution in [2.45, 2.75) is 50.1 Å². The van der Waals surface area contributed by atoms with Gasteiger partial charge in [0.25, 0.3) is 12.0 Å². The van der Waals surface area contributed by atoms with Crippen LogP contribution in [0.1, 0.15) is 35.8 Å². The molecule has 62 heavy (non-hydrogen) atoms. The molecule has 1 saturated carbocycles. The molecule has 0 bridgehead atoms. The summed E-state index contributed by atoms with van der Waals surface area (Å²) >= 11 is 6.85. The van der Waals surface area contributed by atoms with E-state index in [0.717, 1.165) is 25.7 Å². The van der Waals surface area contributed by atoms with Gasteiger partial charge >= 0.3 is 6.09 Å². The lowest BCUT2D eigenvalue weighted by atomic mass is 10.0. The van der Waals surface area contributed by atoms with Crippen LogP contribution in [0.5, 0.6) is 5.75 Å². The second-order valence-electron chi connectivity index (χ2n) is 14.4. The summed E-state index contributed by atoms with van der Waals surface area (Å²) in [6.07, 6.45) is -4.58. The minimum atomic E-state index is -4.21. The Hall–Kier alpha value is -6.60. The summed E-state index contributed by atoms with van der Waals surface area (Å²) in [5, 5.41) is 15.5. The van der Waals surface area contributed by atoms with E-state index in [4.69, 9.17) is 16.3 Å². The Morgan fingerprint density at radius 2 is 1.68 bits per heavy atom. The highest BCUT2D eigenvalue weighted by atomic mass is 35.5. The van der Waals surface area contributed by atoms with E-state index in [9.17, 15) is 45.1 Å². The Kier molecular flexibility index (Phi) is 11.3.